The number of carbonyl (C=O) groups is 1. The van der Waals surface area contributed by atoms with Gasteiger partial charge in [0.25, 0.3) is 11.6 Å². The molecule has 0 aromatic heterocycles. The van der Waals surface area contributed by atoms with Crippen LogP contribution in [0.5, 0.6) is 5.75 Å². The summed E-state index contributed by atoms with van der Waals surface area (Å²) in [5.41, 5.74) is 0.857. The smallest absolute Gasteiger partial charge is 0.271 e. The first kappa shape index (κ1) is 21.2. The van der Waals surface area contributed by atoms with Gasteiger partial charge in [-0.05, 0) is 35.9 Å². The van der Waals surface area contributed by atoms with Gasteiger partial charge in [0.2, 0.25) is 0 Å². The monoisotopic (exact) mass is 417 g/mol. The fourth-order valence-electron chi connectivity index (χ4n) is 2.65. The molecular weight excluding hydrogens is 401 g/mol. The van der Waals surface area contributed by atoms with Crippen LogP contribution in [-0.2, 0) is 11.4 Å². The molecule has 3 aromatic rings. The second-order valence-corrected chi connectivity index (χ2v) is 6.38. The lowest BCUT2D eigenvalue weighted by molar-refractivity contribution is -0.384. The van der Waals surface area contributed by atoms with E-state index in [0.717, 1.165) is 0 Å². The van der Waals surface area contributed by atoms with Gasteiger partial charge in [0.15, 0.2) is 0 Å². The quantitative estimate of drug-likeness (QED) is 0.256. The van der Waals surface area contributed by atoms with Gasteiger partial charge in [0, 0.05) is 23.4 Å². The Hall–Kier alpha value is -4.51. The van der Waals surface area contributed by atoms with Gasteiger partial charge in [0.05, 0.1) is 4.92 Å². The molecule has 0 aliphatic carbocycles. The summed E-state index contributed by atoms with van der Waals surface area (Å²) in [6.45, 7) is 0.0664. The molecule has 1 N–H and O–H groups in total. The Kier molecular flexibility index (Phi) is 6.71. The molecule has 8 heteroatoms. The molecular formula is C23H16FN3O4. The maximum absolute atomic E-state index is 13.6. The lowest BCUT2D eigenvalue weighted by Crippen LogP contribution is -2.13. The Labute approximate surface area is 177 Å². The molecule has 0 unspecified atom stereocenters. The van der Waals surface area contributed by atoms with E-state index in [1.165, 1.54) is 36.4 Å². The summed E-state index contributed by atoms with van der Waals surface area (Å²) in [7, 11) is 0. The number of hydrogen-bond acceptors (Lipinski definition) is 5. The molecule has 0 radical (unpaired) electrons. The van der Waals surface area contributed by atoms with Crippen LogP contribution >= 0.6 is 0 Å². The predicted octanol–water partition coefficient (Wildman–Crippen LogP) is 4.86. The zero-order chi connectivity index (χ0) is 22.2. The third kappa shape index (κ3) is 5.74. The number of halogens is 1. The lowest BCUT2D eigenvalue weighted by Gasteiger charge is -2.07. The van der Waals surface area contributed by atoms with E-state index in [0.29, 0.717) is 16.9 Å². The number of nitriles is 1. The van der Waals surface area contributed by atoms with Crippen LogP contribution < -0.4 is 10.1 Å². The molecule has 0 saturated heterocycles. The minimum absolute atomic E-state index is 0.0664. The van der Waals surface area contributed by atoms with Crippen molar-refractivity contribution in [2.75, 3.05) is 5.32 Å². The number of ether oxygens (including phenoxy) is 1. The van der Waals surface area contributed by atoms with Crippen LogP contribution in [-0.4, -0.2) is 10.8 Å². The number of nitrogens with zero attached hydrogens (tertiary/aromatic N) is 2. The van der Waals surface area contributed by atoms with Crippen molar-refractivity contribution in [1.29, 1.82) is 5.26 Å². The summed E-state index contributed by atoms with van der Waals surface area (Å²) in [5, 5.41) is 22.6. The van der Waals surface area contributed by atoms with Crippen LogP contribution in [0.1, 0.15) is 11.1 Å². The third-order valence-electron chi connectivity index (χ3n) is 4.22. The van der Waals surface area contributed by atoms with Crippen LogP contribution in [0.25, 0.3) is 6.08 Å². The van der Waals surface area contributed by atoms with Crippen molar-refractivity contribution in [3.63, 3.8) is 0 Å². The summed E-state index contributed by atoms with van der Waals surface area (Å²) in [6.07, 6.45) is 1.38. The molecule has 0 spiro atoms. The summed E-state index contributed by atoms with van der Waals surface area (Å²) >= 11 is 0. The van der Waals surface area contributed by atoms with Crippen molar-refractivity contribution in [1.82, 2.24) is 0 Å². The summed E-state index contributed by atoms with van der Waals surface area (Å²) in [6, 6.07) is 20.1. The van der Waals surface area contributed by atoms with Gasteiger partial charge in [-0.3, -0.25) is 14.9 Å². The van der Waals surface area contributed by atoms with Gasteiger partial charge in [-0.2, -0.15) is 5.26 Å². The van der Waals surface area contributed by atoms with Crippen LogP contribution in [0.3, 0.4) is 0 Å². The van der Waals surface area contributed by atoms with E-state index >= 15 is 0 Å². The first-order valence-corrected chi connectivity index (χ1v) is 9.10. The fraction of sp³-hybridized carbons (Fsp3) is 0.0435. The highest BCUT2D eigenvalue weighted by molar-refractivity contribution is 6.09. The number of nitro benzene ring substituents is 1. The maximum atomic E-state index is 13.6. The summed E-state index contributed by atoms with van der Waals surface area (Å²) < 4.78 is 19.2. The van der Waals surface area contributed by atoms with E-state index in [1.807, 2.05) is 6.07 Å². The lowest BCUT2D eigenvalue weighted by atomic mass is 10.1. The largest absolute Gasteiger partial charge is 0.489 e. The maximum Gasteiger partial charge on any atom is 0.271 e. The van der Waals surface area contributed by atoms with Crippen molar-refractivity contribution >= 4 is 23.4 Å². The summed E-state index contributed by atoms with van der Waals surface area (Å²) in [5.74, 6) is -0.543. The number of nitrogens with one attached hydrogen (secondary N) is 1. The van der Waals surface area contributed by atoms with Crippen LogP contribution in [0.15, 0.2) is 78.4 Å². The Morgan fingerprint density at radius 1 is 1.13 bits per heavy atom. The molecule has 0 saturated carbocycles. The van der Waals surface area contributed by atoms with Crippen LogP contribution in [0.4, 0.5) is 15.8 Å². The Morgan fingerprint density at radius 2 is 1.87 bits per heavy atom. The van der Waals surface area contributed by atoms with Crippen molar-refractivity contribution in [3.05, 3.63) is 105 Å². The molecule has 1 amide bonds. The van der Waals surface area contributed by atoms with Crippen molar-refractivity contribution in [2.24, 2.45) is 0 Å². The van der Waals surface area contributed by atoms with Crippen LogP contribution in [0.2, 0.25) is 0 Å². The van der Waals surface area contributed by atoms with E-state index in [1.54, 1.807) is 42.5 Å². The third-order valence-corrected chi connectivity index (χ3v) is 4.22. The second kappa shape index (κ2) is 9.80. The molecule has 31 heavy (non-hydrogen) atoms. The van der Waals surface area contributed by atoms with Gasteiger partial charge in [0.1, 0.15) is 29.8 Å². The molecule has 7 nitrogen and oxygen atoms in total. The van der Waals surface area contributed by atoms with Gasteiger partial charge >= 0.3 is 0 Å². The molecule has 0 aliphatic rings. The predicted molar refractivity (Wildman–Crippen MR) is 112 cm³/mol. The van der Waals surface area contributed by atoms with Crippen LogP contribution in [0, 0.1) is 27.3 Å². The number of carbonyl (C=O) groups excluding carboxylic acids is 1. The highest BCUT2D eigenvalue weighted by atomic mass is 19.1. The number of benzene rings is 3. The minimum Gasteiger partial charge on any atom is -0.489 e. The average Bonchev–Trinajstić information content (AvgIpc) is 2.78. The first-order valence-electron chi connectivity index (χ1n) is 9.10. The highest BCUT2D eigenvalue weighted by Gasteiger charge is 2.12. The van der Waals surface area contributed by atoms with Crippen molar-refractivity contribution in [2.45, 2.75) is 6.61 Å². The van der Waals surface area contributed by atoms with E-state index < -0.39 is 10.8 Å². The zero-order valence-corrected chi connectivity index (χ0v) is 16.1. The molecule has 0 aliphatic heterocycles. The van der Waals surface area contributed by atoms with Gasteiger partial charge in [-0.25, -0.2) is 4.39 Å². The Bertz CT molecular complexity index is 1180. The molecule has 154 valence electrons. The Morgan fingerprint density at radius 3 is 2.55 bits per heavy atom. The molecule has 0 bridgehead atoms. The molecule has 0 atom stereocenters. The highest BCUT2D eigenvalue weighted by Crippen LogP contribution is 2.19. The normalized spacial score (nSPS) is 10.8. The topological polar surface area (TPSA) is 105 Å². The number of hydrogen-bond donors (Lipinski definition) is 1. The molecule has 0 fully saturated rings. The molecule has 0 heterocycles. The SMILES string of the molecule is N#C/C(=C\c1ccc(OCc2ccccc2F)cc1)C(=O)Nc1cccc([N+](=O)[O-])c1. The second-order valence-electron chi connectivity index (χ2n) is 6.38. The number of rotatable bonds is 7. The standard InChI is InChI=1S/C23H16FN3O4/c24-22-7-2-1-4-17(22)15-31-21-10-8-16(9-11-21)12-18(14-25)23(28)26-19-5-3-6-20(13-19)27(29)30/h1-13H,15H2,(H,26,28)/b18-12+. The van der Waals surface area contributed by atoms with Gasteiger partial charge < -0.3 is 10.1 Å². The van der Waals surface area contributed by atoms with E-state index in [9.17, 15) is 24.6 Å². The number of nitro groups is 1. The molecule has 3 rings (SSSR count). The number of anilines is 1. The van der Waals surface area contributed by atoms with E-state index in [2.05, 4.69) is 5.32 Å². The first-order chi connectivity index (χ1) is 15.0. The van der Waals surface area contributed by atoms with Crippen molar-refractivity contribution < 1.29 is 18.8 Å². The number of amides is 1. The Balaban J connectivity index is 1.67. The fourth-order valence-corrected chi connectivity index (χ4v) is 2.65. The van der Waals surface area contributed by atoms with E-state index in [4.69, 9.17) is 4.74 Å². The van der Waals surface area contributed by atoms with Gasteiger partial charge in [-0.1, -0.05) is 36.4 Å². The summed E-state index contributed by atoms with van der Waals surface area (Å²) in [4.78, 5) is 22.6. The van der Waals surface area contributed by atoms with Crippen molar-refractivity contribution in [3.8, 4) is 11.8 Å². The van der Waals surface area contributed by atoms with E-state index in [-0.39, 0.29) is 29.4 Å². The number of non-ortho nitro benzene ring substituents is 1. The molecule has 3 aromatic carbocycles. The average molecular weight is 417 g/mol. The van der Waals surface area contributed by atoms with Gasteiger partial charge in [-0.15, -0.1) is 0 Å². The zero-order valence-electron chi connectivity index (χ0n) is 16.1. The minimum atomic E-state index is -0.692.